The van der Waals surface area contributed by atoms with Crippen LogP contribution in [-0.2, 0) is 11.3 Å². The Morgan fingerprint density at radius 2 is 2.24 bits per heavy atom. The number of benzene rings is 1. The van der Waals surface area contributed by atoms with Gasteiger partial charge in [-0.3, -0.25) is 0 Å². The van der Waals surface area contributed by atoms with Crippen LogP contribution in [0.4, 0.5) is 10.1 Å². The fourth-order valence-corrected chi connectivity index (χ4v) is 2.04. The smallest absolute Gasteiger partial charge is 0.350 e. The Labute approximate surface area is 102 Å². The third kappa shape index (κ3) is 2.82. The van der Waals surface area contributed by atoms with E-state index in [4.69, 9.17) is 10.5 Å². The highest BCUT2D eigenvalue weighted by Crippen LogP contribution is 2.20. The number of hydrogen-bond donors (Lipinski definition) is 1. The highest BCUT2D eigenvalue weighted by Gasteiger charge is 2.12. The number of rotatable bonds is 3. The molecule has 88 valence electrons. The molecule has 0 atom stereocenters. The highest BCUT2D eigenvalue weighted by atomic mass is 32.1. The molecule has 0 saturated carbocycles. The summed E-state index contributed by atoms with van der Waals surface area (Å²) in [5.41, 5.74) is 6.59. The van der Waals surface area contributed by atoms with Gasteiger partial charge >= 0.3 is 5.97 Å². The van der Waals surface area contributed by atoms with Gasteiger partial charge in [0.25, 0.3) is 0 Å². The molecule has 0 aliphatic rings. The predicted octanol–water partition coefficient (Wildman–Crippen LogP) is 2.83. The summed E-state index contributed by atoms with van der Waals surface area (Å²) in [6.45, 7) is 0.0356. The van der Waals surface area contributed by atoms with Gasteiger partial charge in [0.2, 0.25) is 0 Å². The van der Waals surface area contributed by atoms with E-state index in [0.717, 1.165) is 0 Å². The fourth-order valence-electron chi connectivity index (χ4n) is 1.33. The van der Waals surface area contributed by atoms with Crippen LogP contribution in [0.3, 0.4) is 0 Å². The number of carbonyl (C=O) groups is 1. The number of nitrogens with two attached hydrogens (primary N) is 1. The molecule has 1 heterocycles. The van der Waals surface area contributed by atoms with Crippen LogP contribution < -0.4 is 5.73 Å². The lowest BCUT2D eigenvalue weighted by Gasteiger charge is -2.04. The van der Waals surface area contributed by atoms with E-state index < -0.39 is 5.97 Å². The minimum Gasteiger partial charge on any atom is -0.457 e. The Kier molecular flexibility index (Phi) is 3.39. The fraction of sp³-hybridized carbons (Fsp3) is 0.0833. The largest absolute Gasteiger partial charge is 0.457 e. The van der Waals surface area contributed by atoms with Gasteiger partial charge in [-0.15, -0.1) is 11.3 Å². The Balaban J connectivity index is 1.99. The molecule has 0 saturated heterocycles. The molecule has 5 heteroatoms. The maximum Gasteiger partial charge on any atom is 0.350 e. The molecule has 0 fully saturated rings. The van der Waals surface area contributed by atoms with Gasteiger partial charge in [0, 0.05) is 0 Å². The number of ether oxygens (including phenoxy) is 1. The van der Waals surface area contributed by atoms with Gasteiger partial charge in [-0.25, -0.2) is 9.18 Å². The number of esters is 1. The normalized spacial score (nSPS) is 10.2. The molecular formula is C12H10FNO2S. The van der Waals surface area contributed by atoms with E-state index in [0.29, 0.717) is 16.1 Å². The lowest BCUT2D eigenvalue weighted by Crippen LogP contribution is -2.05. The van der Waals surface area contributed by atoms with Crippen molar-refractivity contribution < 1.29 is 13.9 Å². The van der Waals surface area contributed by atoms with Crippen LogP contribution in [0.5, 0.6) is 0 Å². The lowest BCUT2D eigenvalue weighted by molar-refractivity contribution is 0.0479. The molecule has 2 N–H and O–H groups in total. The minimum atomic E-state index is -0.484. The van der Waals surface area contributed by atoms with E-state index in [1.54, 1.807) is 23.6 Å². The highest BCUT2D eigenvalue weighted by molar-refractivity contribution is 7.12. The van der Waals surface area contributed by atoms with Crippen LogP contribution in [0.15, 0.2) is 35.7 Å². The summed E-state index contributed by atoms with van der Waals surface area (Å²) in [6.07, 6.45) is 0. The van der Waals surface area contributed by atoms with Crippen molar-refractivity contribution >= 4 is 23.0 Å². The molecule has 0 bridgehead atoms. The first-order valence-corrected chi connectivity index (χ1v) is 5.79. The van der Waals surface area contributed by atoms with Gasteiger partial charge in [-0.1, -0.05) is 12.1 Å². The maximum atomic E-state index is 12.9. The minimum absolute atomic E-state index is 0.0356. The van der Waals surface area contributed by atoms with E-state index in [9.17, 15) is 9.18 Å². The van der Waals surface area contributed by atoms with Gasteiger partial charge in [0.15, 0.2) is 0 Å². The molecule has 1 aromatic carbocycles. The zero-order valence-corrected chi connectivity index (χ0v) is 9.67. The van der Waals surface area contributed by atoms with E-state index in [1.165, 1.54) is 23.5 Å². The van der Waals surface area contributed by atoms with Crippen molar-refractivity contribution in [1.29, 1.82) is 0 Å². The molecule has 3 nitrogen and oxygen atoms in total. The molecule has 17 heavy (non-hydrogen) atoms. The zero-order valence-electron chi connectivity index (χ0n) is 8.85. The Morgan fingerprint density at radius 3 is 2.88 bits per heavy atom. The van der Waals surface area contributed by atoms with Crippen molar-refractivity contribution in [2.75, 3.05) is 5.73 Å². The summed E-state index contributed by atoms with van der Waals surface area (Å²) in [4.78, 5) is 12.0. The summed E-state index contributed by atoms with van der Waals surface area (Å²) in [5.74, 6) is -0.837. The molecule has 2 aromatic rings. The third-order valence-corrected chi connectivity index (χ3v) is 3.05. The Bertz CT molecular complexity index is 539. The zero-order chi connectivity index (χ0) is 12.3. The molecule has 0 amide bonds. The van der Waals surface area contributed by atoms with Crippen molar-refractivity contribution in [2.24, 2.45) is 0 Å². The summed E-state index contributed by atoms with van der Waals surface area (Å²) in [7, 11) is 0. The van der Waals surface area contributed by atoms with E-state index in [1.807, 2.05) is 0 Å². The molecule has 0 radical (unpaired) electrons. The Hall–Kier alpha value is -1.88. The quantitative estimate of drug-likeness (QED) is 0.853. The first kappa shape index (κ1) is 11.6. The average molecular weight is 251 g/mol. The molecule has 1 aromatic heterocycles. The number of anilines is 1. The third-order valence-electron chi connectivity index (χ3n) is 2.14. The standard InChI is InChI=1S/C12H10FNO2S/c13-9-3-1-2-8(6-9)7-16-12(15)11-10(14)4-5-17-11/h1-6H,7,14H2. The van der Waals surface area contributed by atoms with Gasteiger partial charge in [0.1, 0.15) is 17.3 Å². The summed E-state index contributed by atoms with van der Waals surface area (Å²) >= 11 is 1.22. The van der Waals surface area contributed by atoms with Crippen LogP contribution in [0, 0.1) is 5.82 Å². The van der Waals surface area contributed by atoms with Crippen molar-refractivity contribution in [3.05, 3.63) is 52.0 Å². The average Bonchev–Trinajstić information content (AvgIpc) is 2.72. The second kappa shape index (κ2) is 4.97. The van der Waals surface area contributed by atoms with Crippen molar-refractivity contribution in [3.63, 3.8) is 0 Å². The van der Waals surface area contributed by atoms with Crippen molar-refractivity contribution in [2.45, 2.75) is 6.61 Å². The molecule has 0 spiro atoms. The summed E-state index contributed by atoms with van der Waals surface area (Å²) in [5, 5.41) is 1.72. The van der Waals surface area contributed by atoms with Gasteiger partial charge in [-0.2, -0.15) is 0 Å². The second-order valence-corrected chi connectivity index (χ2v) is 4.33. The van der Waals surface area contributed by atoms with Gasteiger partial charge in [-0.05, 0) is 29.1 Å². The van der Waals surface area contributed by atoms with Gasteiger partial charge < -0.3 is 10.5 Å². The molecular weight excluding hydrogens is 241 g/mol. The van der Waals surface area contributed by atoms with Crippen molar-refractivity contribution in [3.8, 4) is 0 Å². The van der Waals surface area contributed by atoms with Gasteiger partial charge in [0.05, 0.1) is 5.69 Å². The van der Waals surface area contributed by atoms with Crippen LogP contribution in [0.25, 0.3) is 0 Å². The SMILES string of the molecule is Nc1ccsc1C(=O)OCc1cccc(F)c1. The van der Waals surface area contributed by atoms with E-state index in [2.05, 4.69) is 0 Å². The number of nitrogen functional groups attached to an aromatic ring is 1. The first-order chi connectivity index (χ1) is 8.16. The summed E-state index contributed by atoms with van der Waals surface area (Å²) < 4.78 is 17.9. The number of thiophene rings is 1. The number of hydrogen-bond acceptors (Lipinski definition) is 4. The number of carbonyl (C=O) groups excluding carboxylic acids is 1. The Morgan fingerprint density at radius 1 is 1.41 bits per heavy atom. The number of halogens is 1. The van der Waals surface area contributed by atoms with Crippen LogP contribution in [0.2, 0.25) is 0 Å². The molecule has 0 unspecified atom stereocenters. The van der Waals surface area contributed by atoms with Crippen molar-refractivity contribution in [1.82, 2.24) is 0 Å². The van der Waals surface area contributed by atoms with Crippen LogP contribution in [-0.4, -0.2) is 5.97 Å². The topological polar surface area (TPSA) is 52.3 Å². The molecule has 0 aliphatic heterocycles. The second-order valence-electron chi connectivity index (χ2n) is 3.41. The van der Waals surface area contributed by atoms with Crippen LogP contribution >= 0.6 is 11.3 Å². The predicted molar refractivity (Wildman–Crippen MR) is 64.3 cm³/mol. The first-order valence-electron chi connectivity index (χ1n) is 4.91. The molecule has 2 rings (SSSR count). The van der Waals surface area contributed by atoms with E-state index in [-0.39, 0.29) is 12.4 Å². The molecule has 0 aliphatic carbocycles. The maximum absolute atomic E-state index is 12.9. The lowest BCUT2D eigenvalue weighted by atomic mass is 10.2. The monoisotopic (exact) mass is 251 g/mol. The van der Waals surface area contributed by atoms with Crippen LogP contribution in [0.1, 0.15) is 15.2 Å². The summed E-state index contributed by atoms with van der Waals surface area (Å²) in [6, 6.07) is 7.56. The van der Waals surface area contributed by atoms with E-state index >= 15 is 0 Å².